The number of rotatable bonds is 3. The molecule has 1 saturated heterocycles. The normalized spacial score (nSPS) is 18.3. The minimum atomic E-state index is -0.0644. The number of carbonyl (C=O) groups excluding carboxylic acids is 1. The molecule has 2 aliphatic heterocycles. The zero-order valence-electron chi connectivity index (χ0n) is 14.7. The predicted molar refractivity (Wildman–Crippen MR) is 111 cm³/mol. The van der Waals surface area contributed by atoms with Crippen molar-refractivity contribution in [3.05, 3.63) is 62.6 Å². The van der Waals surface area contributed by atoms with Crippen LogP contribution >= 0.6 is 34.8 Å². The average Bonchev–Trinajstić information content (AvgIpc) is 2.66. The van der Waals surface area contributed by atoms with Gasteiger partial charge in [-0.15, -0.1) is 0 Å². The Morgan fingerprint density at radius 1 is 1.00 bits per heavy atom. The van der Waals surface area contributed by atoms with Gasteiger partial charge in [-0.05, 0) is 42.2 Å². The molecule has 2 heterocycles. The molecule has 0 unspecified atom stereocenters. The molecule has 142 valence electrons. The summed E-state index contributed by atoms with van der Waals surface area (Å²) < 4.78 is 0. The lowest BCUT2D eigenvalue weighted by Gasteiger charge is -2.41. The molecule has 27 heavy (non-hydrogen) atoms. The Hall–Kier alpha value is -1.46. The van der Waals surface area contributed by atoms with Crippen LogP contribution in [0.25, 0.3) is 0 Å². The van der Waals surface area contributed by atoms with Gasteiger partial charge in [0.15, 0.2) is 0 Å². The second-order valence-corrected chi connectivity index (χ2v) is 8.24. The molecule has 0 radical (unpaired) electrons. The number of anilines is 1. The monoisotopic (exact) mass is 423 g/mol. The van der Waals surface area contributed by atoms with Crippen molar-refractivity contribution < 1.29 is 4.79 Å². The minimum Gasteiger partial charge on any atom is -0.334 e. The smallest absolute Gasteiger partial charge is 0.322 e. The molecule has 2 aromatic carbocycles. The zero-order valence-corrected chi connectivity index (χ0v) is 17.0. The molecular weight excluding hydrogens is 405 g/mol. The fourth-order valence-electron chi connectivity index (χ4n) is 3.87. The Morgan fingerprint density at radius 3 is 2.44 bits per heavy atom. The van der Waals surface area contributed by atoms with Crippen molar-refractivity contribution in [2.75, 3.05) is 18.0 Å². The Labute approximate surface area is 174 Å². The largest absolute Gasteiger partial charge is 0.334 e. The highest BCUT2D eigenvalue weighted by atomic mass is 35.5. The first-order valence-corrected chi connectivity index (χ1v) is 10.2. The van der Waals surface area contributed by atoms with E-state index in [2.05, 4.69) is 16.3 Å². The molecule has 0 saturated carbocycles. The molecule has 4 rings (SSSR count). The van der Waals surface area contributed by atoms with Crippen LogP contribution in [0.15, 0.2) is 36.4 Å². The molecule has 0 aliphatic carbocycles. The molecule has 4 nitrogen and oxygen atoms in total. The van der Waals surface area contributed by atoms with E-state index in [1.54, 1.807) is 0 Å². The second kappa shape index (κ2) is 7.88. The predicted octanol–water partition coefficient (Wildman–Crippen LogP) is 5.34. The van der Waals surface area contributed by atoms with E-state index < -0.39 is 0 Å². The van der Waals surface area contributed by atoms with Crippen LogP contribution in [-0.2, 0) is 13.1 Å². The van der Waals surface area contributed by atoms with Crippen molar-refractivity contribution in [3.8, 4) is 0 Å². The molecule has 7 heteroatoms. The number of hydrogen-bond acceptors (Lipinski definition) is 2. The maximum Gasteiger partial charge on any atom is 0.322 e. The SMILES string of the molecule is O=C1NCc2cc(Cl)c(Cl)cc2N1C1CCN(Cc2ccccc2Cl)CC1. The zero-order chi connectivity index (χ0) is 19.0. The average molecular weight is 425 g/mol. The van der Waals surface area contributed by atoms with Gasteiger partial charge in [0, 0.05) is 37.2 Å². The number of halogens is 3. The third kappa shape index (κ3) is 3.90. The van der Waals surface area contributed by atoms with Gasteiger partial charge in [-0.3, -0.25) is 9.80 Å². The Kier molecular flexibility index (Phi) is 5.51. The number of carbonyl (C=O) groups is 1. The standard InChI is InChI=1S/C20H20Cl3N3O/c21-16-4-2-1-3-13(16)12-25-7-5-15(6-8-25)26-19-10-18(23)17(22)9-14(19)11-24-20(26)27/h1-4,9-10,15H,5-8,11-12H2,(H,24,27). The van der Waals surface area contributed by atoms with E-state index in [4.69, 9.17) is 34.8 Å². The highest BCUT2D eigenvalue weighted by molar-refractivity contribution is 6.42. The van der Waals surface area contributed by atoms with Crippen LogP contribution in [0.3, 0.4) is 0 Å². The van der Waals surface area contributed by atoms with Crippen LogP contribution in [0.5, 0.6) is 0 Å². The molecule has 2 aliphatic rings. The highest BCUT2D eigenvalue weighted by Crippen LogP contribution is 2.36. The van der Waals surface area contributed by atoms with E-state index in [0.29, 0.717) is 16.6 Å². The number of benzene rings is 2. The number of amides is 2. The number of nitrogens with zero attached hydrogens (tertiary/aromatic N) is 2. The van der Waals surface area contributed by atoms with Crippen LogP contribution in [-0.4, -0.2) is 30.1 Å². The van der Waals surface area contributed by atoms with Gasteiger partial charge in [0.05, 0.1) is 15.7 Å². The van der Waals surface area contributed by atoms with Crippen LogP contribution in [0.4, 0.5) is 10.5 Å². The summed E-state index contributed by atoms with van der Waals surface area (Å²) in [5.74, 6) is 0. The van der Waals surface area contributed by atoms with Gasteiger partial charge in [0.2, 0.25) is 0 Å². The summed E-state index contributed by atoms with van der Waals surface area (Å²) in [4.78, 5) is 16.8. The van der Waals surface area contributed by atoms with E-state index in [9.17, 15) is 4.79 Å². The maximum atomic E-state index is 12.6. The fourth-order valence-corrected chi connectivity index (χ4v) is 4.41. The summed E-state index contributed by atoms with van der Waals surface area (Å²) in [7, 11) is 0. The summed E-state index contributed by atoms with van der Waals surface area (Å²) in [5.41, 5.74) is 3.01. The van der Waals surface area contributed by atoms with Crippen LogP contribution in [0.1, 0.15) is 24.0 Å². The molecular formula is C20H20Cl3N3O. The summed E-state index contributed by atoms with van der Waals surface area (Å²) in [6, 6.07) is 11.7. The third-order valence-electron chi connectivity index (χ3n) is 5.30. The molecule has 0 bridgehead atoms. The van der Waals surface area contributed by atoms with Crippen molar-refractivity contribution in [1.82, 2.24) is 10.2 Å². The number of likely N-dealkylation sites (tertiary alicyclic amines) is 1. The Bertz CT molecular complexity index is 866. The van der Waals surface area contributed by atoms with Gasteiger partial charge in [-0.1, -0.05) is 53.0 Å². The van der Waals surface area contributed by atoms with Gasteiger partial charge in [0.1, 0.15) is 0 Å². The van der Waals surface area contributed by atoms with Gasteiger partial charge < -0.3 is 5.32 Å². The quantitative estimate of drug-likeness (QED) is 0.722. The number of urea groups is 1. The van der Waals surface area contributed by atoms with E-state index in [0.717, 1.165) is 54.3 Å². The molecule has 0 aromatic heterocycles. The third-order valence-corrected chi connectivity index (χ3v) is 6.39. The number of piperidine rings is 1. The first-order valence-electron chi connectivity index (χ1n) is 9.03. The molecule has 0 atom stereocenters. The lowest BCUT2D eigenvalue weighted by Crippen LogP contribution is -2.53. The van der Waals surface area contributed by atoms with Crippen molar-refractivity contribution in [2.24, 2.45) is 0 Å². The van der Waals surface area contributed by atoms with Gasteiger partial charge >= 0.3 is 6.03 Å². The van der Waals surface area contributed by atoms with Crippen molar-refractivity contribution in [1.29, 1.82) is 0 Å². The van der Waals surface area contributed by atoms with E-state index in [1.165, 1.54) is 0 Å². The highest BCUT2D eigenvalue weighted by Gasteiger charge is 2.33. The fraction of sp³-hybridized carbons (Fsp3) is 0.350. The summed E-state index contributed by atoms with van der Waals surface area (Å²) in [5, 5.41) is 4.74. The van der Waals surface area contributed by atoms with Gasteiger partial charge in [0.25, 0.3) is 0 Å². The summed E-state index contributed by atoms with van der Waals surface area (Å²) in [6.07, 6.45) is 1.80. The number of nitrogens with one attached hydrogen (secondary N) is 1. The van der Waals surface area contributed by atoms with Crippen molar-refractivity contribution in [3.63, 3.8) is 0 Å². The first kappa shape index (κ1) is 18.9. The van der Waals surface area contributed by atoms with Crippen LogP contribution in [0, 0.1) is 0 Å². The van der Waals surface area contributed by atoms with E-state index >= 15 is 0 Å². The van der Waals surface area contributed by atoms with Crippen LogP contribution in [0.2, 0.25) is 15.1 Å². The second-order valence-electron chi connectivity index (χ2n) is 7.02. The van der Waals surface area contributed by atoms with Gasteiger partial charge in [-0.2, -0.15) is 0 Å². The topological polar surface area (TPSA) is 35.6 Å². The van der Waals surface area contributed by atoms with Crippen molar-refractivity contribution in [2.45, 2.75) is 32.0 Å². The first-order chi connectivity index (χ1) is 13.0. The number of hydrogen-bond donors (Lipinski definition) is 1. The van der Waals surface area contributed by atoms with E-state index in [1.807, 2.05) is 35.2 Å². The number of fused-ring (bicyclic) bond motifs is 1. The Morgan fingerprint density at radius 2 is 1.70 bits per heavy atom. The molecule has 2 amide bonds. The van der Waals surface area contributed by atoms with Crippen LogP contribution < -0.4 is 10.2 Å². The lowest BCUT2D eigenvalue weighted by molar-refractivity contribution is 0.196. The van der Waals surface area contributed by atoms with E-state index in [-0.39, 0.29) is 12.1 Å². The summed E-state index contributed by atoms with van der Waals surface area (Å²) >= 11 is 18.6. The lowest BCUT2D eigenvalue weighted by atomic mass is 9.99. The molecule has 2 aromatic rings. The van der Waals surface area contributed by atoms with Gasteiger partial charge in [-0.25, -0.2) is 4.79 Å². The maximum absolute atomic E-state index is 12.6. The Balaban J connectivity index is 1.48. The molecule has 1 N–H and O–H groups in total. The minimum absolute atomic E-state index is 0.0644. The molecule has 0 spiro atoms. The van der Waals surface area contributed by atoms with Crippen molar-refractivity contribution >= 4 is 46.5 Å². The summed E-state index contributed by atoms with van der Waals surface area (Å²) in [6.45, 7) is 3.14. The molecule has 1 fully saturated rings.